The zero-order chi connectivity index (χ0) is 62.5. The minimum Gasteiger partial charge on any atom is -0.311 e. The normalized spacial score (nSPS) is 12.4. The van der Waals surface area contributed by atoms with Gasteiger partial charge in [0, 0.05) is 98.3 Å². The summed E-state index contributed by atoms with van der Waals surface area (Å²) in [5.74, 6) is 2.31. The van der Waals surface area contributed by atoms with E-state index in [1.165, 1.54) is 53.0 Å². The molecule has 0 spiro atoms. The Labute approximate surface area is 552 Å². The summed E-state index contributed by atoms with van der Waals surface area (Å²) in [5, 5.41) is 4.91. The summed E-state index contributed by atoms with van der Waals surface area (Å²) in [5.41, 5.74) is 22.7. The quantitative estimate of drug-likeness (QED) is 0.126. The number of rotatable bonds is 10. The lowest BCUT2D eigenvalue weighted by molar-refractivity contribution is 1.07. The second kappa shape index (κ2) is 22.2. The summed E-state index contributed by atoms with van der Waals surface area (Å²) in [7, 11) is 0. The van der Waals surface area contributed by atoms with Crippen LogP contribution in [-0.2, 0) is 0 Å². The number of nitrogens with zero attached hydrogens (tertiary/aromatic N) is 8. The molecule has 17 aromatic rings. The Hall–Kier alpha value is -12.4. The number of hydrogen-bond acceptors (Lipinski definition) is 8. The van der Waals surface area contributed by atoms with Crippen molar-refractivity contribution in [2.24, 2.45) is 0 Å². The van der Waals surface area contributed by atoms with Crippen LogP contribution in [0.3, 0.4) is 0 Å². The van der Waals surface area contributed by atoms with Gasteiger partial charge < -0.3 is 14.4 Å². The van der Waals surface area contributed by atoms with E-state index in [4.69, 9.17) is 24.9 Å². The molecule has 0 saturated carbocycles. The molecular formula is C85H53BN8S. The van der Waals surface area contributed by atoms with Crippen molar-refractivity contribution in [3.05, 3.63) is 322 Å². The van der Waals surface area contributed by atoms with Crippen LogP contribution < -0.4 is 26.2 Å². The molecule has 4 aromatic heterocycles. The Kier molecular flexibility index (Phi) is 12.7. The van der Waals surface area contributed by atoms with Crippen molar-refractivity contribution in [2.45, 2.75) is 0 Å². The third kappa shape index (κ3) is 8.94. The van der Waals surface area contributed by atoms with E-state index in [0.29, 0.717) is 23.3 Å². The summed E-state index contributed by atoms with van der Waals surface area (Å²) >= 11 is 1.86. The van der Waals surface area contributed by atoms with E-state index in [1.807, 2.05) is 47.7 Å². The first kappa shape index (κ1) is 54.4. The molecule has 0 saturated heterocycles. The van der Waals surface area contributed by atoms with Gasteiger partial charge in [-0.25, -0.2) is 24.9 Å². The second-order valence-corrected chi connectivity index (χ2v) is 25.3. The molecule has 0 aliphatic carbocycles. The van der Waals surface area contributed by atoms with Crippen LogP contribution in [0.5, 0.6) is 0 Å². The molecule has 0 unspecified atom stereocenters. The summed E-state index contributed by atoms with van der Waals surface area (Å²) < 4.78 is 4.95. The lowest BCUT2D eigenvalue weighted by atomic mass is 9.33. The van der Waals surface area contributed by atoms with Crippen LogP contribution in [0.2, 0.25) is 0 Å². The Morgan fingerprint density at radius 2 is 0.811 bits per heavy atom. The van der Waals surface area contributed by atoms with Gasteiger partial charge in [0.1, 0.15) is 0 Å². The topological polar surface area (TPSA) is 75.9 Å². The average Bonchev–Trinajstić information content (AvgIpc) is 0.850. The molecule has 2 aliphatic rings. The van der Waals surface area contributed by atoms with E-state index < -0.39 is 0 Å². The van der Waals surface area contributed by atoms with Gasteiger partial charge in [0.25, 0.3) is 6.71 Å². The van der Waals surface area contributed by atoms with Crippen LogP contribution in [0.1, 0.15) is 0 Å². The molecule has 95 heavy (non-hydrogen) atoms. The number of thiophene rings is 1. The predicted molar refractivity (Wildman–Crippen MR) is 395 cm³/mol. The van der Waals surface area contributed by atoms with E-state index in [9.17, 15) is 0 Å². The van der Waals surface area contributed by atoms with Crippen LogP contribution in [0.25, 0.3) is 127 Å². The summed E-state index contributed by atoms with van der Waals surface area (Å²) in [6.07, 6.45) is 0. The number of aromatic nitrogens is 6. The first-order chi connectivity index (χ1) is 47.1. The van der Waals surface area contributed by atoms with Crippen molar-refractivity contribution in [3.63, 3.8) is 0 Å². The van der Waals surface area contributed by atoms with Gasteiger partial charge in [-0.3, -0.25) is 0 Å². The zero-order valence-electron chi connectivity index (χ0n) is 51.2. The van der Waals surface area contributed by atoms with Crippen LogP contribution >= 0.6 is 11.3 Å². The Morgan fingerprint density at radius 1 is 0.295 bits per heavy atom. The van der Waals surface area contributed by atoms with E-state index in [-0.39, 0.29) is 6.71 Å². The summed E-state index contributed by atoms with van der Waals surface area (Å²) in [6, 6.07) is 115. The molecule has 10 heteroatoms. The molecule has 0 radical (unpaired) electrons. The molecule has 6 heterocycles. The highest BCUT2D eigenvalue weighted by atomic mass is 32.1. The maximum absolute atomic E-state index is 5.81. The smallest absolute Gasteiger partial charge is 0.252 e. The highest BCUT2D eigenvalue weighted by Gasteiger charge is 2.44. The van der Waals surface area contributed by atoms with Crippen LogP contribution in [-0.4, -0.2) is 36.2 Å². The molecule has 13 aromatic carbocycles. The minimum absolute atomic E-state index is 0.0493. The van der Waals surface area contributed by atoms with E-state index >= 15 is 0 Å². The number of anilines is 6. The molecule has 19 rings (SSSR count). The zero-order valence-corrected chi connectivity index (χ0v) is 52.0. The fourth-order valence-corrected chi connectivity index (χ4v) is 15.9. The fraction of sp³-hybridized carbons (Fsp3) is 0. The molecule has 0 fully saturated rings. The number of para-hydroxylation sites is 5. The Balaban J connectivity index is 0.854. The van der Waals surface area contributed by atoms with E-state index in [0.717, 1.165) is 101 Å². The van der Waals surface area contributed by atoms with Gasteiger partial charge >= 0.3 is 0 Å². The minimum atomic E-state index is -0.0493. The SMILES string of the molecule is c1ccc(-c2cc(-c3cc(-c4nc(-c5ccccc5)nc(-c5ccccc5)n4)ccc3-n3c4ccccc4c4c5sc6ccccc6c5ccc43)nc(-c3cccc(-c4ccc5c6c4N(c4ccccc4)c4ccccc4B6c4ccccc4N5c4ccccc4)c3)n2)cc1. The first-order valence-electron chi connectivity index (χ1n) is 32.1. The Morgan fingerprint density at radius 3 is 1.51 bits per heavy atom. The van der Waals surface area contributed by atoms with E-state index in [2.05, 4.69) is 299 Å². The standard InChI is InChI=1S/C85H53BN8S/c1-6-25-54(26-7-1)69-53-70(88-84(87-69)58-32-24-31-57(51-58)62-46-50-76-79-80(62)93(61-35-14-5-15-36-61)74-43-22-19-40-68(74)86(79)67-39-18-21-42-73(67)92(76)60-33-12-4-13-34-60)66-52-59(85-90-82(55-27-8-2-9-28-55)89-83(91-85)56-29-10-3-11-30-56)45-48-72(66)94-71-41-20-16-38-65(71)78-75(94)49-47-64-63-37-17-23-44-77(63)95-81(64)78/h1-53H. The van der Waals surface area contributed by atoms with Crippen molar-refractivity contribution in [3.8, 4) is 84.9 Å². The van der Waals surface area contributed by atoms with Crippen molar-refractivity contribution < 1.29 is 0 Å². The van der Waals surface area contributed by atoms with Crippen LogP contribution in [0.15, 0.2) is 322 Å². The second-order valence-electron chi connectivity index (χ2n) is 24.3. The Bertz CT molecular complexity index is 5810. The monoisotopic (exact) mass is 1230 g/mol. The molecular weight excluding hydrogens is 1180 g/mol. The van der Waals surface area contributed by atoms with Crippen molar-refractivity contribution >= 4 is 111 Å². The maximum Gasteiger partial charge on any atom is 0.252 e. The van der Waals surface area contributed by atoms with Crippen molar-refractivity contribution in [2.75, 3.05) is 9.80 Å². The molecule has 442 valence electrons. The van der Waals surface area contributed by atoms with Gasteiger partial charge in [0.05, 0.1) is 33.8 Å². The largest absolute Gasteiger partial charge is 0.311 e. The lowest BCUT2D eigenvalue weighted by Gasteiger charge is -2.45. The van der Waals surface area contributed by atoms with Gasteiger partial charge in [-0.2, -0.15) is 0 Å². The van der Waals surface area contributed by atoms with Gasteiger partial charge in [0.2, 0.25) is 0 Å². The molecule has 0 bridgehead atoms. The predicted octanol–water partition coefficient (Wildman–Crippen LogP) is 19.9. The van der Waals surface area contributed by atoms with Crippen molar-refractivity contribution in [1.29, 1.82) is 0 Å². The lowest BCUT2D eigenvalue weighted by Crippen LogP contribution is -2.61. The fourth-order valence-electron chi connectivity index (χ4n) is 14.7. The van der Waals surface area contributed by atoms with Gasteiger partial charge in [0.15, 0.2) is 23.3 Å². The number of benzene rings is 13. The number of fused-ring (bicyclic) bond motifs is 11. The van der Waals surface area contributed by atoms with Crippen LogP contribution in [0.4, 0.5) is 34.1 Å². The van der Waals surface area contributed by atoms with Gasteiger partial charge in [-0.1, -0.05) is 231 Å². The summed E-state index contributed by atoms with van der Waals surface area (Å²) in [6.45, 7) is -0.0493. The van der Waals surface area contributed by atoms with E-state index in [1.54, 1.807) is 0 Å². The molecule has 0 atom stereocenters. The van der Waals surface area contributed by atoms with Crippen molar-refractivity contribution in [1.82, 2.24) is 29.5 Å². The van der Waals surface area contributed by atoms with Crippen LogP contribution in [0, 0.1) is 0 Å². The molecule has 0 N–H and O–H groups in total. The molecule has 8 nitrogen and oxygen atoms in total. The molecule has 0 amide bonds. The third-order valence-electron chi connectivity index (χ3n) is 18.8. The highest BCUT2D eigenvalue weighted by Crippen LogP contribution is 2.50. The van der Waals surface area contributed by atoms with Gasteiger partial charge in [-0.15, -0.1) is 11.3 Å². The third-order valence-corrected chi connectivity index (χ3v) is 20.0. The number of hydrogen-bond donors (Lipinski definition) is 0. The summed E-state index contributed by atoms with van der Waals surface area (Å²) in [4.78, 5) is 32.0. The van der Waals surface area contributed by atoms with Gasteiger partial charge in [-0.05, 0) is 113 Å². The molecule has 2 aliphatic heterocycles. The first-order valence-corrected chi connectivity index (χ1v) is 32.9. The highest BCUT2D eigenvalue weighted by molar-refractivity contribution is 7.26. The average molecular weight is 1230 g/mol. The maximum atomic E-state index is 5.81.